The number of hydrogen-bond donors (Lipinski definition) is 1. The summed E-state index contributed by atoms with van der Waals surface area (Å²) in [4.78, 5) is 24.0. The Morgan fingerprint density at radius 3 is 2.70 bits per heavy atom. The number of amides is 1. The number of aromatic amines is 1. The SMILES string of the molecule is CC(C)c1cc(C(=O)N2CCc3[nH]c4ccccc4c3C2)c2cnn(C(C)C)c2n1. The second-order valence-electron chi connectivity index (χ2n) is 8.77. The molecule has 1 amide bonds. The van der Waals surface area contributed by atoms with E-state index in [4.69, 9.17) is 4.98 Å². The molecule has 0 spiro atoms. The molecular formula is C24H27N5O. The van der Waals surface area contributed by atoms with Gasteiger partial charge in [-0.1, -0.05) is 32.0 Å². The number of aromatic nitrogens is 4. The first-order valence-corrected chi connectivity index (χ1v) is 10.7. The molecule has 6 heteroatoms. The molecule has 0 radical (unpaired) electrons. The van der Waals surface area contributed by atoms with Gasteiger partial charge in [0.15, 0.2) is 5.65 Å². The van der Waals surface area contributed by atoms with Crippen LogP contribution < -0.4 is 0 Å². The first-order chi connectivity index (χ1) is 14.4. The third-order valence-corrected chi connectivity index (χ3v) is 6.07. The fourth-order valence-corrected chi connectivity index (χ4v) is 4.40. The van der Waals surface area contributed by atoms with Crippen molar-refractivity contribution in [1.29, 1.82) is 0 Å². The topological polar surface area (TPSA) is 66.8 Å². The van der Waals surface area contributed by atoms with Crippen LogP contribution >= 0.6 is 0 Å². The minimum absolute atomic E-state index is 0.0588. The molecule has 0 aliphatic carbocycles. The van der Waals surface area contributed by atoms with Crippen molar-refractivity contribution in [3.8, 4) is 0 Å². The Balaban J connectivity index is 1.58. The molecule has 1 aliphatic rings. The summed E-state index contributed by atoms with van der Waals surface area (Å²) in [7, 11) is 0. The zero-order valence-corrected chi connectivity index (χ0v) is 17.9. The Morgan fingerprint density at radius 1 is 1.13 bits per heavy atom. The van der Waals surface area contributed by atoms with Gasteiger partial charge in [0, 0.05) is 53.4 Å². The number of nitrogens with one attached hydrogen (secondary N) is 1. The quantitative estimate of drug-likeness (QED) is 0.535. The van der Waals surface area contributed by atoms with Crippen LogP contribution in [0.4, 0.5) is 0 Å². The van der Waals surface area contributed by atoms with Gasteiger partial charge in [-0.25, -0.2) is 9.67 Å². The smallest absolute Gasteiger partial charge is 0.255 e. The maximum atomic E-state index is 13.7. The minimum Gasteiger partial charge on any atom is -0.358 e. The third kappa shape index (κ3) is 2.90. The molecule has 0 atom stereocenters. The lowest BCUT2D eigenvalue weighted by Crippen LogP contribution is -2.36. The molecule has 0 fully saturated rings. The molecule has 154 valence electrons. The van der Waals surface area contributed by atoms with Crippen LogP contribution in [-0.4, -0.2) is 37.1 Å². The van der Waals surface area contributed by atoms with Crippen LogP contribution in [0.15, 0.2) is 36.5 Å². The van der Waals surface area contributed by atoms with Gasteiger partial charge in [0.25, 0.3) is 5.91 Å². The van der Waals surface area contributed by atoms with Gasteiger partial charge in [-0.15, -0.1) is 0 Å². The predicted molar refractivity (Wildman–Crippen MR) is 119 cm³/mol. The van der Waals surface area contributed by atoms with Crippen molar-refractivity contribution in [2.45, 2.75) is 52.6 Å². The normalized spacial score (nSPS) is 14.3. The Morgan fingerprint density at radius 2 is 1.93 bits per heavy atom. The van der Waals surface area contributed by atoms with Crippen LogP contribution in [0.3, 0.4) is 0 Å². The molecule has 30 heavy (non-hydrogen) atoms. The molecule has 3 aromatic heterocycles. The number of H-pyrrole nitrogens is 1. The average molecular weight is 402 g/mol. The van der Waals surface area contributed by atoms with E-state index in [1.54, 1.807) is 6.20 Å². The van der Waals surface area contributed by atoms with Crippen LogP contribution in [0.5, 0.6) is 0 Å². The fraction of sp³-hybridized carbons (Fsp3) is 0.375. The minimum atomic E-state index is 0.0588. The Kier molecular flexibility index (Phi) is 4.38. The van der Waals surface area contributed by atoms with E-state index in [0.29, 0.717) is 18.7 Å². The van der Waals surface area contributed by atoms with Gasteiger partial charge in [-0.05, 0) is 31.9 Å². The highest BCUT2D eigenvalue weighted by Crippen LogP contribution is 2.30. The van der Waals surface area contributed by atoms with Gasteiger partial charge >= 0.3 is 0 Å². The van der Waals surface area contributed by atoms with Crippen molar-refractivity contribution in [3.05, 3.63) is 59.0 Å². The molecule has 0 unspecified atom stereocenters. The summed E-state index contributed by atoms with van der Waals surface area (Å²) in [6, 6.07) is 10.5. The molecule has 0 saturated heterocycles. The maximum absolute atomic E-state index is 13.7. The average Bonchev–Trinajstić information content (AvgIpc) is 3.33. The third-order valence-electron chi connectivity index (χ3n) is 6.07. The number of rotatable bonds is 3. The second-order valence-corrected chi connectivity index (χ2v) is 8.77. The molecule has 6 nitrogen and oxygen atoms in total. The maximum Gasteiger partial charge on any atom is 0.255 e. The summed E-state index contributed by atoms with van der Waals surface area (Å²) < 4.78 is 1.91. The van der Waals surface area contributed by atoms with Gasteiger partial charge < -0.3 is 9.88 Å². The predicted octanol–water partition coefficient (Wildman–Crippen LogP) is 4.82. The van der Waals surface area contributed by atoms with E-state index in [-0.39, 0.29) is 17.9 Å². The summed E-state index contributed by atoms with van der Waals surface area (Å²) in [5.41, 5.74) is 6.05. The summed E-state index contributed by atoms with van der Waals surface area (Å²) in [6.07, 6.45) is 2.63. The fourth-order valence-electron chi connectivity index (χ4n) is 4.40. The van der Waals surface area contributed by atoms with Gasteiger partial charge in [0.05, 0.1) is 17.1 Å². The summed E-state index contributed by atoms with van der Waals surface area (Å²) in [5.74, 6) is 0.293. The lowest BCUT2D eigenvalue weighted by Gasteiger charge is -2.28. The van der Waals surface area contributed by atoms with E-state index in [1.807, 2.05) is 21.7 Å². The van der Waals surface area contributed by atoms with E-state index in [1.165, 1.54) is 16.6 Å². The number of pyridine rings is 1. The Hall–Kier alpha value is -3.15. The number of benzene rings is 1. The highest BCUT2D eigenvalue weighted by molar-refractivity contribution is 6.05. The highest BCUT2D eigenvalue weighted by Gasteiger charge is 2.27. The van der Waals surface area contributed by atoms with Crippen molar-refractivity contribution in [3.63, 3.8) is 0 Å². The van der Waals surface area contributed by atoms with Gasteiger partial charge in [0.1, 0.15) is 0 Å². The molecule has 4 heterocycles. The van der Waals surface area contributed by atoms with Crippen molar-refractivity contribution in [1.82, 2.24) is 24.6 Å². The van der Waals surface area contributed by atoms with Gasteiger partial charge in [-0.3, -0.25) is 4.79 Å². The summed E-state index contributed by atoms with van der Waals surface area (Å²) in [6.45, 7) is 9.71. The summed E-state index contributed by atoms with van der Waals surface area (Å²) in [5, 5.41) is 6.58. The van der Waals surface area contributed by atoms with E-state index in [9.17, 15) is 4.79 Å². The summed E-state index contributed by atoms with van der Waals surface area (Å²) >= 11 is 0. The van der Waals surface area contributed by atoms with Gasteiger partial charge in [-0.2, -0.15) is 5.10 Å². The molecule has 0 bridgehead atoms. The van der Waals surface area contributed by atoms with Crippen LogP contribution in [0.2, 0.25) is 0 Å². The molecular weight excluding hydrogens is 374 g/mol. The van der Waals surface area contributed by atoms with Gasteiger partial charge in [0.2, 0.25) is 0 Å². The van der Waals surface area contributed by atoms with Crippen molar-refractivity contribution >= 4 is 27.8 Å². The van der Waals surface area contributed by atoms with E-state index in [0.717, 1.165) is 28.7 Å². The lowest BCUT2D eigenvalue weighted by molar-refractivity contribution is 0.0737. The first kappa shape index (κ1) is 18.9. The van der Waals surface area contributed by atoms with Crippen molar-refractivity contribution < 1.29 is 4.79 Å². The monoisotopic (exact) mass is 401 g/mol. The van der Waals surface area contributed by atoms with E-state index >= 15 is 0 Å². The van der Waals surface area contributed by atoms with Crippen LogP contribution in [0.1, 0.15) is 67.0 Å². The molecule has 1 N–H and O–H groups in total. The molecule has 5 rings (SSSR count). The van der Waals surface area contributed by atoms with E-state index < -0.39 is 0 Å². The number of nitrogens with zero attached hydrogens (tertiary/aromatic N) is 4. The number of hydrogen-bond acceptors (Lipinski definition) is 3. The number of carbonyl (C=O) groups is 1. The number of para-hydroxylation sites is 1. The number of fused-ring (bicyclic) bond motifs is 4. The van der Waals surface area contributed by atoms with E-state index in [2.05, 4.69) is 56.0 Å². The molecule has 1 aromatic carbocycles. The molecule has 1 aliphatic heterocycles. The highest BCUT2D eigenvalue weighted by atomic mass is 16.2. The van der Waals surface area contributed by atoms with Crippen LogP contribution in [0.25, 0.3) is 21.9 Å². The molecule has 0 saturated carbocycles. The zero-order valence-electron chi connectivity index (χ0n) is 17.9. The molecule has 4 aromatic rings. The number of carbonyl (C=O) groups excluding carboxylic acids is 1. The largest absolute Gasteiger partial charge is 0.358 e. The Bertz CT molecular complexity index is 1260. The zero-order chi connectivity index (χ0) is 21.0. The lowest BCUT2D eigenvalue weighted by atomic mass is 10.0. The van der Waals surface area contributed by atoms with Crippen LogP contribution in [0, 0.1) is 0 Å². The first-order valence-electron chi connectivity index (χ1n) is 10.7. The van der Waals surface area contributed by atoms with Crippen LogP contribution in [-0.2, 0) is 13.0 Å². The Labute approximate surface area is 175 Å². The standard InChI is InChI=1S/C24H27N5O/c1-14(2)22-11-17(18-12-25-29(15(3)4)23(18)27-22)24(30)28-10-9-21-19(13-28)16-7-5-6-8-20(16)26-21/h5-8,11-12,14-15,26H,9-10,13H2,1-4H3. The van der Waals surface area contributed by atoms with Crippen molar-refractivity contribution in [2.75, 3.05) is 6.54 Å². The second kappa shape index (κ2) is 6.97. The van der Waals surface area contributed by atoms with Crippen molar-refractivity contribution in [2.24, 2.45) is 0 Å².